The number of rotatable bonds is 7. The Balaban J connectivity index is 1.21. The van der Waals surface area contributed by atoms with Gasteiger partial charge in [0.25, 0.3) is 5.91 Å². The lowest BCUT2D eigenvalue weighted by Crippen LogP contribution is -2.41. The second kappa shape index (κ2) is 8.65. The molecule has 3 aromatic rings. The summed E-state index contributed by atoms with van der Waals surface area (Å²) in [5, 5.41) is 3.30. The van der Waals surface area contributed by atoms with Gasteiger partial charge in [-0.15, -0.1) is 0 Å². The third-order valence-corrected chi connectivity index (χ3v) is 7.29. The van der Waals surface area contributed by atoms with Gasteiger partial charge in [-0.2, -0.15) is 0 Å². The summed E-state index contributed by atoms with van der Waals surface area (Å²) in [6.45, 7) is 2.16. The second-order valence-electron chi connectivity index (χ2n) is 9.66. The molecule has 2 saturated carbocycles. The van der Waals surface area contributed by atoms with E-state index in [-0.39, 0.29) is 29.3 Å². The van der Waals surface area contributed by atoms with Crippen molar-refractivity contribution in [2.24, 2.45) is 5.92 Å². The highest BCUT2D eigenvalue weighted by Gasteiger charge is 2.45. The van der Waals surface area contributed by atoms with Crippen molar-refractivity contribution in [2.45, 2.75) is 63.5 Å². The monoisotopic (exact) mass is 445 g/mol. The summed E-state index contributed by atoms with van der Waals surface area (Å²) in [6, 6.07) is 15.1. The molecule has 1 N–H and O–H groups in total. The molecule has 2 aliphatic rings. The van der Waals surface area contributed by atoms with Crippen LogP contribution >= 0.6 is 0 Å². The quantitative estimate of drug-likeness (QED) is 0.543. The summed E-state index contributed by atoms with van der Waals surface area (Å²) in [7, 11) is 1.85. The zero-order valence-electron chi connectivity index (χ0n) is 19.3. The van der Waals surface area contributed by atoms with Gasteiger partial charge in [0.15, 0.2) is 5.58 Å². The maximum Gasteiger partial charge on any atom is 0.253 e. The molecular formula is C27H31N3O3. The SMILES string of the molecule is CCCC1(NC(=O)[C@H]2CC[C@@H](N(C)C(=O)c3ccc(-c4nc5ccccc5o4)cc3)C2)CC1. The fourth-order valence-corrected chi connectivity index (χ4v) is 5.10. The minimum absolute atomic E-state index is 0.00103. The van der Waals surface area contributed by atoms with Crippen molar-refractivity contribution < 1.29 is 14.0 Å². The number of carbonyl (C=O) groups excluding carboxylic acids is 2. The first-order chi connectivity index (χ1) is 16.0. The maximum atomic E-state index is 13.1. The third-order valence-electron chi connectivity index (χ3n) is 7.29. The number of hydrogen-bond donors (Lipinski definition) is 1. The van der Waals surface area contributed by atoms with E-state index >= 15 is 0 Å². The van der Waals surface area contributed by atoms with Crippen LogP contribution in [0.25, 0.3) is 22.6 Å². The third kappa shape index (κ3) is 4.39. The number of oxazole rings is 1. The van der Waals surface area contributed by atoms with Crippen molar-refractivity contribution in [1.29, 1.82) is 0 Å². The average Bonchev–Trinajstić information content (AvgIpc) is 3.25. The molecule has 1 heterocycles. The topological polar surface area (TPSA) is 75.4 Å². The largest absolute Gasteiger partial charge is 0.436 e. The molecule has 0 bridgehead atoms. The van der Waals surface area contributed by atoms with E-state index in [4.69, 9.17) is 4.42 Å². The number of benzene rings is 2. The van der Waals surface area contributed by atoms with Gasteiger partial charge in [0, 0.05) is 35.7 Å². The Kier molecular flexibility index (Phi) is 5.69. The first kappa shape index (κ1) is 21.7. The molecule has 0 unspecified atom stereocenters. The Bertz CT molecular complexity index is 1130. The van der Waals surface area contributed by atoms with E-state index in [1.165, 1.54) is 0 Å². The lowest BCUT2D eigenvalue weighted by atomic mass is 10.0. The summed E-state index contributed by atoms with van der Waals surface area (Å²) in [5.41, 5.74) is 3.08. The number of carbonyl (C=O) groups is 2. The number of fused-ring (bicyclic) bond motifs is 1. The summed E-state index contributed by atoms with van der Waals surface area (Å²) in [5.74, 6) is 0.702. The first-order valence-corrected chi connectivity index (χ1v) is 12.0. The maximum absolute atomic E-state index is 13.1. The lowest BCUT2D eigenvalue weighted by Gasteiger charge is -2.25. The van der Waals surface area contributed by atoms with Gasteiger partial charge < -0.3 is 14.6 Å². The van der Waals surface area contributed by atoms with E-state index in [1.807, 2.05) is 55.6 Å². The van der Waals surface area contributed by atoms with Crippen LogP contribution in [-0.4, -0.2) is 40.3 Å². The molecule has 0 saturated heterocycles. The van der Waals surface area contributed by atoms with Crippen molar-refractivity contribution in [3.05, 3.63) is 54.1 Å². The fourth-order valence-electron chi connectivity index (χ4n) is 5.10. The molecule has 2 aliphatic carbocycles. The normalized spacial score (nSPS) is 21.2. The predicted octanol–water partition coefficient (Wildman–Crippen LogP) is 5.18. The zero-order chi connectivity index (χ0) is 23.0. The van der Waals surface area contributed by atoms with Crippen molar-refractivity contribution in [1.82, 2.24) is 15.2 Å². The molecule has 0 radical (unpaired) electrons. The minimum Gasteiger partial charge on any atom is -0.436 e. The van der Waals surface area contributed by atoms with Crippen LogP contribution in [-0.2, 0) is 4.79 Å². The summed E-state index contributed by atoms with van der Waals surface area (Å²) < 4.78 is 5.83. The fraction of sp³-hybridized carbons (Fsp3) is 0.444. The molecule has 2 fully saturated rings. The van der Waals surface area contributed by atoms with Crippen molar-refractivity contribution in [3.63, 3.8) is 0 Å². The van der Waals surface area contributed by atoms with Crippen LogP contribution < -0.4 is 5.32 Å². The van der Waals surface area contributed by atoms with E-state index in [0.717, 1.165) is 61.6 Å². The van der Waals surface area contributed by atoms with E-state index in [1.54, 1.807) is 4.90 Å². The lowest BCUT2D eigenvalue weighted by molar-refractivity contribution is -0.126. The van der Waals surface area contributed by atoms with Gasteiger partial charge in [-0.05, 0) is 74.9 Å². The number of nitrogens with one attached hydrogen (secondary N) is 1. The molecule has 2 amide bonds. The van der Waals surface area contributed by atoms with E-state index in [2.05, 4.69) is 17.2 Å². The molecule has 2 aromatic carbocycles. The minimum atomic E-state index is -0.0187. The van der Waals surface area contributed by atoms with E-state index < -0.39 is 0 Å². The molecule has 6 nitrogen and oxygen atoms in total. The second-order valence-corrected chi connectivity index (χ2v) is 9.66. The molecule has 172 valence electrons. The summed E-state index contributed by atoms with van der Waals surface area (Å²) in [4.78, 5) is 32.2. The van der Waals surface area contributed by atoms with Crippen LogP contribution in [0.1, 0.15) is 62.2 Å². The smallest absolute Gasteiger partial charge is 0.253 e. The van der Waals surface area contributed by atoms with Gasteiger partial charge in [-0.25, -0.2) is 4.98 Å². The van der Waals surface area contributed by atoms with Gasteiger partial charge in [0.1, 0.15) is 5.52 Å². The molecule has 5 rings (SSSR count). The van der Waals surface area contributed by atoms with Crippen LogP contribution in [0.2, 0.25) is 0 Å². The van der Waals surface area contributed by atoms with Gasteiger partial charge >= 0.3 is 0 Å². The Morgan fingerprint density at radius 3 is 2.58 bits per heavy atom. The molecule has 0 aliphatic heterocycles. The molecule has 6 heteroatoms. The molecule has 0 spiro atoms. The van der Waals surface area contributed by atoms with Crippen molar-refractivity contribution >= 4 is 22.9 Å². The van der Waals surface area contributed by atoms with Crippen molar-refractivity contribution in [3.8, 4) is 11.5 Å². The van der Waals surface area contributed by atoms with Gasteiger partial charge in [0.05, 0.1) is 0 Å². The van der Waals surface area contributed by atoms with Crippen LogP contribution in [0.15, 0.2) is 52.9 Å². The highest BCUT2D eigenvalue weighted by molar-refractivity contribution is 5.95. The standard InChI is InChI=1S/C27H31N3O3/c1-3-14-27(15-16-27)29-24(31)20-12-13-21(17-20)30(2)26(32)19-10-8-18(9-11-19)25-28-22-6-4-5-7-23(22)33-25/h4-11,20-21H,3,12-17H2,1-2H3,(H,29,31)/t20-,21+/m0/s1. The van der Waals surface area contributed by atoms with E-state index in [0.29, 0.717) is 11.5 Å². The Hall–Kier alpha value is -3.15. The number of nitrogens with zero attached hydrogens (tertiary/aromatic N) is 2. The molecule has 1 aromatic heterocycles. The Labute approximate surface area is 194 Å². The predicted molar refractivity (Wildman–Crippen MR) is 128 cm³/mol. The summed E-state index contributed by atoms with van der Waals surface area (Å²) >= 11 is 0. The van der Waals surface area contributed by atoms with Crippen LogP contribution in [0.5, 0.6) is 0 Å². The van der Waals surface area contributed by atoms with Crippen LogP contribution in [0, 0.1) is 5.92 Å². The summed E-state index contributed by atoms with van der Waals surface area (Å²) in [6.07, 6.45) is 6.79. The zero-order valence-corrected chi connectivity index (χ0v) is 19.3. The molecule has 2 atom stereocenters. The Morgan fingerprint density at radius 1 is 1.12 bits per heavy atom. The highest BCUT2D eigenvalue weighted by atomic mass is 16.3. The molecule has 33 heavy (non-hydrogen) atoms. The number of hydrogen-bond acceptors (Lipinski definition) is 4. The van der Waals surface area contributed by atoms with Gasteiger partial charge in [-0.3, -0.25) is 9.59 Å². The average molecular weight is 446 g/mol. The van der Waals surface area contributed by atoms with Gasteiger partial charge in [-0.1, -0.05) is 25.5 Å². The van der Waals surface area contributed by atoms with Crippen LogP contribution in [0.3, 0.4) is 0 Å². The Morgan fingerprint density at radius 2 is 1.88 bits per heavy atom. The van der Waals surface area contributed by atoms with Crippen molar-refractivity contribution in [2.75, 3.05) is 7.05 Å². The van der Waals surface area contributed by atoms with Crippen LogP contribution in [0.4, 0.5) is 0 Å². The highest BCUT2D eigenvalue weighted by Crippen LogP contribution is 2.41. The first-order valence-electron chi connectivity index (χ1n) is 12.0. The van der Waals surface area contributed by atoms with E-state index in [9.17, 15) is 9.59 Å². The van der Waals surface area contributed by atoms with Gasteiger partial charge in [0.2, 0.25) is 11.8 Å². The number of amides is 2. The number of para-hydroxylation sites is 2. The molecular weight excluding hydrogens is 414 g/mol. The number of aromatic nitrogens is 1.